The molecule has 1 nitrogen and oxygen atoms in total. The zero-order valence-corrected chi connectivity index (χ0v) is 36.0. The molecule has 300 valence electrons. The predicted octanol–water partition coefficient (Wildman–Crippen LogP) is 16.5. The number of hydrogen-bond acceptors (Lipinski definition) is 1. The van der Waals surface area contributed by atoms with E-state index in [4.69, 9.17) is 0 Å². The topological polar surface area (TPSA) is 3.24 Å². The van der Waals surface area contributed by atoms with E-state index >= 15 is 0 Å². The molecule has 2 aliphatic rings. The fourth-order valence-corrected chi connectivity index (χ4v) is 10.3. The van der Waals surface area contributed by atoms with Crippen LogP contribution >= 0.6 is 0 Å². The van der Waals surface area contributed by atoms with Gasteiger partial charge in [-0.05, 0) is 134 Å². The van der Waals surface area contributed by atoms with Gasteiger partial charge in [0.05, 0.1) is 11.1 Å². The summed E-state index contributed by atoms with van der Waals surface area (Å²) < 4.78 is 0. The lowest BCUT2D eigenvalue weighted by Gasteiger charge is -2.35. The van der Waals surface area contributed by atoms with Gasteiger partial charge in [0.15, 0.2) is 0 Å². The van der Waals surface area contributed by atoms with Crippen molar-refractivity contribution in [3.63, 3.8) is 0 Å². The molecule has 0 radical (unpaired) electrons. The van der Waals surface area contributed by atoms with Gasteiger partial charge in [-0.2, -0.15) is 0 Å². The predicted molar refractivity (Wildman–Crippen MR) is 264 cm³/mol. The number of hydrogen-bond donors (Lipinski definition) is 0. The lowest BCUT2D eigenvalue weighted by Crippen LogP contribution is -2.28. The van der Waals surface area contributed by atoms with Gasteiger partial charge in [-0.15, -0.1) is 0 Å². The third kappa shape index (κ3) is 6.48. The molecule has 0 saturated heterocycles. The average Bonchev–Trinajstić information content (AvgIpc) is 3.63. The van der Waals surface area contributed by atoms with Gasteiger partial charge in [0, 0.05) is 16.9 Å². The summed E-state index contributed by atoms with van der Waals surface area (Å²) in [6.07, 6.45) is 11.4. The molecule has 0 amide bonds. The van der Waals surface area contributed by atoms with Crippen molar-refractivity contribution in [3.8, 4) is 22.3 Å². The van der Waals surface area contributed by atoms with Gasteiger partial charge >= 0.3 is 0 Å². The first kappa shape index (κ1) is 38.9. The quantitative estimate of drug-likeness (QED) is 0.141. The van der Waals surface area contributed by atoms with E-state index in [-0.39, 0.29) is 0 Å². The molecule has 2 aliphatic carbocycles. The van der Waals surface area contributed by atoms with Crippen LogP contribution in [0.25, 0.3) is 38.6 Å². The molecule has 0 heterocycles. The van der Waals surface area contributed by atoms with Crippen LogP contribution in [0.2, 0.25) is 0 Å². The molecule has 2 atom stereocenters. The van der Waals surface area contributed by atoms with Crippen LogP contribution in [0.15, 0.2) is 236 Å². The van der Waals surface area contributed by atoms with Crippen LogP contribution < -0.4 is 4.90 Å². The molecule has 0 fully saturated rings. The second-order valence-corrected chi connectivity index (χ2v) is 16.8. The zero-order chi connectivity index (χ0) is 42.2. The second-order valence-electron chi connectivity index (χ2n) is 16.8. The second kappa shape index (κ2) is 16.3. The highest BCUT2D eigenvalue weighted by Crippen LogP contribution is 2.57. The normalized spacial score (nSPS) is 16.7. The number of para-hydroxylation sites is 1. The van der Waals surface area contributed by atoms with E-state index in [9.17, 15) is 0 Å². The summed E-state index contributed by atoms with van der Waals surface area (Å²) in [5.41, 5.74) is 18.1. The number of rotatable bonds is 9. The molecule has 0 aromatic heterocycles. The third-order valence-electron chi connectivity index (χ3n) is 13.4. The summed E-state index contributed by atoms with van der Waals surface area (Å²) in [6.45, 7) is 9.00. The van der Waals surface area contributed by atoms with Crippen LogP contribution in [0, 0.1) is 11.8 Å². The molecule has 0 saturated carbocycles. The van der Waals surface area contributed by atoms with Crippen molar-refractivity contribution in [2.75, 3.05) is 4.90 Å². The van der Waals surface area contributed by atoms with Gasteiger partial charge < -0.3 is 4.90 Å². The number of nitrogens with zero attached hydrogens (tertiary/aromatic N) is 1. The Bertz CT molecular complexity index is 3010. The van der Waals surface area contributed by atoms with E-state index in [0.717, 1.165) is 17.1 Å². The van der Waals surface area contributed by atoms with Gasteiger partial charge in [-0.25, -0.2) is 0 Å². The highest BCUT2D eigenvalue weighted by Gasteiger charge is 2.46. The van der Waals surface area contributed by atoms with Crippen LogP contribution in [-0.4, -0.2) is 0 Å². The molecule has 8 aromatic rings. The SMILES string of the molecule is C/C=C\C1=CC(c2ccccc2N(c2ccc(-c3ccc4ccccc4c3)cc2)c2ccc3c(c2)C(c2ccccc2)(c2ccccc2)c2ccccc2-3)=C(/C=C\C)C(C)C1C. The van der Waals surface area contributed by atoms with Crippen LogP contribution in [0.4, 0.5) is 17.1 Å². The Morgan fingerprint density at radius 3 is 1.74 bits per heavy atom. The van der Waals surface area contributed by atoms with Crippen molar-refractivity contribution >= 4 is 33.4 Å². The third-order valence-corrected chi connectivity index (χ3v) is 13.4. The van der Waals surface area contributed by atoms with Crippen molar-refractivity contribution in [2.45, 2.75) is 33.1 Å². The molecule has 62 heavy (non-hydrogen) atoms. The van der Waals surface area contributed by atoms with Gasteiger partial charge in [0.25, 0.3) is 0 Å². The minimum atomic E-state index is -0.518. The lowest BCUT2D eigenvalue weighted by atomic mass is 9.67. The van der Waals surface area contributed by atoms with E-state index in [2.05, 4.69) is 257 Å². The summed E-state index contributed by atoms with van der Waals surface area (Å²) in [7, 11) is 0. The molecule has 2 unspecified atom stereocenters. The molecule has 1 heteroatoms. The first-order chi connectivity index (χ1) is 30.5. The Morgan fingerprint density at radius 1 is 0.452 bits per heavy atom. The van der Waals surface area contributed by atoms with Crippen molar-refractivity contribution < 1.29 is 0 Å². The smallest absolute Gasteiger partial charge is 0.0714 e. The van der Waals surface area contributed by atoms with Gasteiger partial charge in [0.2, 0.25) is 0 Å². The number of allylic oxidation sites excluding steroid dienone is 8. The van der Waals surface area contributed by atoms with Crippen molar-refractivity contribution in [1.29, 1.82) is 0 Å². The summed E-state index contributed by atoms with van der Waals surface area (Å²) in [4.78, 5) is 2.50. The Balaban J connectivity index is 1.23. The van der Waals surface area contributed by atoms with Gasteiger partial charge in [-0.3, -0.25) is 0 Å². The fourth-order valence-electron chi connectivity index (χ4n) is 10.3. The molecule has 8 aromatic carbocycles. The van der Waals surface area contributed by atoms with Crippen molar-refractivity contribution in [1.82, 2.24) is 0 Å². The zero-order valence-electron chi connectivity index (χ0n) is 36.0. The summed E-state index contributed by atoms with van der Waals surface area (Å²) >= 11 is 0. The molecular weight excluding hydrogens is 747 g/mol. The van der Waals surface area contributed by atoms with E-state index < -0.39 is 5.41 Å². The van der Waals surface area contributed by atoms with E-state index in [0.29, 0.717) is 11.8 Å². The standard InChI is InChI=1S/C61H51N/c1-5-19-46-40-57(53(20-6-2)43(4)42(46)3)56-28-16-18-30-60(56)62(51-35-33-45(34-36-51)48-32-31-44-21-13-14-22-47(44)39-48)52-37-38-55-54-27-15-17-29-58(54)61(59(55)41-52,49-23-9-7-10-24-49)50-25-11-8-12-26-50/h5-43H,1-4H3/b19-5-,20-6-. The molecule has 10 rings (SSSR count). The molecular formula is C61H51N. The van der Waals surface area contributed by atoms with E-state index in [1.165, 1.54) is 77.6 Å². The Kier molecular flexibility index (Phi) is 10.3. The van der Waals surface area contributed by atoms with Crippen molar-refractivity contribution in [3.05, 3.63) is 263 Å². The van der Waals surface area contributed by atoms with Crippen LogP contribution in [0.5, 0.6) is 0 Å². The largest absolute Gasteiger partial charge is 0.310 e. The maximum Gasteiger partial charge on any atom is 0.0714 e. The molecule has 0 N–H and O–H groups in total. The molecule has 0 bridgehead atoms. The van der Waals surface area contributed by atoms with Crippen LogP contribution in [0.1, 0.15) is 55.5 Å². The minimum absolute atomic E-state index is 0.344. The fraction of sp³-hybridized carbons (Fsp3) is 0.115. The van der Waals surface area contributed by atoms with E-state index in [1.54, 1.807) is 0 Å². The van der Waals surface area contributed by atoms with Gasteiger partial charge in [0.1, 0.15) is 0 Å². The number of fused-ring (bicyclic) bond motifs is 4. The maximum atomic E-state index is 2.50. The highest BCUT2D eigenvalue weighted by atomic mass is 15.1. The highest BCUT2D eigenvalue weighted by molar-refractivity contribution is 5.95. The monoisotopic (exact) mass is 797 g/mol. The number of anilines is 3. The summed E-state index contributed by atoms with van der Waals surface area (Å²) in [5, 5.41) is 2.50. The Morgan fingerprint density at radius 2 is 1.03 bits per heavy atom. The lowest BCUT2D eigenvalue weighted by molar-refractivity contribution is 0.516. The molecule has 0 spiro atoms. The van der Waals surface area contributed by atoms with E-state index in [1.807, 2.05) is 0 Å². The molecule has 0 aliphatic heterocycles. The first-order valence-electron chi connectivity index (χ1n) is 22.1. The maximum absolute atomic E-state index is 2.50. The summed E-state index contributed by atoms with van der Waals surface area (Å²) in [5.74, 6) is 0.741. The Labute approximate surface area is 367 Å². The van der Waals surface area contributed by atoms with Crippen molar-refractivity contribution in [2.24, 2.45) is 11.8 Å². The Hall–Kier alpha value is -7.22. The minimum Gasteiger partial charge on any atom is -0.310 e. The average molecular weight is 798 g/mol. The van der Waals surface area contributed by atoms with Gasteiger partial charge in [-0.1, -0.05) is 202 Å². The van der Waals surface area contributed by atoms with Crippen LogP contribution in [0.3, 0.4) is 0 Å². The first-order valence-corrected chi connectivity index (χ1v) is 22.1. The van der Waals surface area contributed by atoms with Crippen LogP contribution in [-0.2, 0) is 5.41 Å². The summed E-state index contributed by atoms with van der Waals surface area (Å²) in [6, 6.07) is 72.0. The number of benzene rings is 8.